The first-order valence-corrected chi connectivity index (χ1v) is 8.87. The topological polar surface area (TPSA) is 83.8 Å². The first-order chi connectivity index (χ1) is 13.1. The van der Waals surface area contributed by atoms with Crippen LogP contribution in [0.15, 0.2) is 40.8 Å². The standard InChI is InChI=1S/C20H21N3O4/c1-12(23-8-7-21-19(24)11-23)20(25)22-15-10-17-14(9-18(15)26-2)13-5-3-4-6-16(13)27-17/h3-6,9-10,12H,7-8,11H2,1-2H3,(H,21,24)(H,22,25). The van der Waals surface area contributed by atoms with Gasteiger partial charge in [0.1, 0.15) is 16.9 Å². The number of methoxy groups -OCH3 is 1. The number of furan rings is 1. The van der Waals surface area contributed by atoms with E-state index in [-0.39, 0.29) is 18.4 Å². The molecule has 4 rings (SSSR count). The first-order valence-electron chi connectivity index (χ1n) is 8.87. The van der Waals surface area contributed by atoms with E-state index in [2.05, 4.69) is 10.6 Å². The molecule has 7 nitrogen and oxygen atoms in total. The summed E-state index contributed by atoms with van der Waals surface area (Å²) in [4.78, 5) is 26.1. The van der Waals surface area contributed by atoms with Crippen LogP contribution in [0.3, 0.4) is 0 Å². The van der Waals surface area contributed by atoms with Crippen LogP contribution in [0, 0.1) is 0 Å². The molecule has 7 heteroatoms. The maximum atomic E-state index is 12.7. The number of hydrogen-bond acceptors (Lipinski definition) is 5. The number of benzene rings is 2. The largest absolute Gasteiger partial charge is 0.495 e. The number of rotatable bonds is 4. The Balaban J connectivity index is 1.63. The minimum absolute atomic E-state index is 0.0674. The molecule has 3 aromatic rings. The fraction of sp³-hybridized carbons (Fsp3) is 0.300. The van der Waals surface area contributed by atoms with Gasteiger partial charge in [0.15, 0.2) is 0 Å². The predicted octanol–water partition coefficient (Wildman–Crippen LogP) is 2.35. The molecule has 0 bridgehead atoms. The van der Waals surface area contributed by atoms with E-state index in [9.17, 15) is 9.59 Å². The van der Waals surface area contributed by atoms with E-state index < -0.39 is 6.04 Å². The molecule has 2 N–H and O–H groups in total. The van der Waals surface area contributed by atoms with Crippen molar-refractivity contribution in [2.24, 2.45) is 0 Å². The van der Waals surface area contributed by atoms with Crippen LogP contribution in [0.25, 0.3) is 21.9 Å². The molecule has 1 saturated heterocycles. The molecular weight excluding hydrogens is 346 g/mol. The summed E-state index contributed by atoms with van der Waals surface area (Å²) in [6.45, 7) is 3.19. The van der Waals surface area contributed by atoms with Gasteiger partial charge < -0.3 is 19.8 Å². The van der Waals surface area contributed by atoms with Crippen molar-refractivity contribution < 1.29 is 18.7 Å². The molecular formula is C20H21N3O4. The second-order valence-corrected chi connectivity index (χ2v) is 6.63. The molecule has 0 radical (unpaired) electrons. The number of hydrogen-bond donors (Lipinski definition) is 2. The van der Waals surface area contributed by atoms with Gasteiger partial charge in [-0.15, -0.1) is 0 Å². The fourth-order valence-electron chi connectivity index (χ4n) is 3.41. The van der Waals surface area contributed by atoms with Crippen LogP contribution in [-0.2, 0) is 9.59 Å². The van der Waals surface area contributed by atoms with Crippen molar-refractivity contribution in [3.63, 3.8) is 0 Å². The highest BCUT2D eigenvalue weighted by molar-refractivity contribution is 6.08. The number of nitrogens with zero attached hydrogens (tertiary/aromatic N) is 1. The van der Waals surface area contributed by atoms with E-state index in [4.69, 9.17) is 9.15 Å². The molecule has 0 spiro atoms. The third-order valence-corrected chi connectivity index (χ3v) is 4.95. The van der Waals surface area contributed by atoms with Crippen LogP contribution in [0.1, 0.15) is 6.92 Å². The van der Waals surface area contributed by atoms with Gasteiger partial charge in [-0.25, -0.2) is 0 Å². The molecule has 0 saturated carbocycles. The Morgan fingerprint density at radius 1 is 1.26 bits per heavy atom. The Morgan fingerprint density at radius 2 is 2.07 bits per heavy atom. The Morgan fingerprint density at radius 3 is 2.85 bits per heavy atom. The molecule has 1 aliphatic heterocycles. The minimum atomic E-state index is -0.438. The molecule has 140 valence electrons. The lowest BCUT2D eigenvalue weighted by Gasteiger charge is -2.31. The molecule has 1 fully saturated rings. The van der Waals surface area contributed by atoms with Gasteiger partial charge in [0.05, 0.1) is 25.4 Å². The normalized spacial score (nSPS) is 16.3. The summed E-state index contributed by atoms with van der Waals surface area (Å²) >= 11 is 0. The summed E-state index contributed by atoms with van der Waals surface area (Å²) in [5, 5.41) is 7.60. The van der Waals surface area contributed by atoms with E-state index in [0.29, 0.717) is 30.1 Å². The predicted molar refractivity (Wildman–Crippen MR) is 103 cm³/mol. The summed E-state index contributed by atoms with van der Waals surface area (Å²) in [5.41, 5.74) is 2.00. The average molecular weight is 367 g/mol. The van der Waals surface area contributed by atoms with Gasteiger partial charge in [0.2, 0.25) is 11.8 Å². The number of piperazine rings is 1. The Hall–Kier alpha value is -3.06. The zero-order valence-electron chi connectivity index (χ0n) is 15.2. The fourth-order valence-corrected chi connectivity index (χ4v) is 3.41. The first kappa shape index (κ1) is 17.4. The van der Waals surface area contributed by atoms with Crippen molar-refractivity contribution in [3.8, 4) is 5.75 Å². The maximum Gasteiger partial charge on any atom is 0.241 e. The van der Waals surface area contributed by atoms with Crippen LogP contribution in [0.5, 0.6) is 5.75 Å². The van der Waals surface area contributed by atoms with Crippen LogP contribution >= 0.6 is 0 Å². The van der Waals surface area contributed by atoms with E-state index in [1.165, 1.54) is 0 Å². The van der Waals surface area contributed by atoms with Gasteiger partial charge in [-0.1, -0.05) is 18.2 Å². The summed E-state index contributed by atoms with van der Waals surface area (Å²) in [6, 6.07) is 11.0. The Kier molecular flexibility index (Phi) is 4.45. The van der Waals surface area contributed by atoms with Gasteiger partial charge in [0.25, 0.3) is 0 Å². The molecule has 0 aliphatic carbocycles. The van der Waals surface area contributed by atoms with Crippen molar-refractivity contribution in [2.75, 3.05) is 32.1 Å². The zero-order chi connectivity index (χ0) is 19.0. The monoisotopic (exact) mass is 367 g/mol. The number of carbonyl (C=O) groups excluding carboxylic acids is 2. The van der Waals surface area contributed by atoms with Crippen molar-refractivity contribution in [3.05, 3.63) is 36.4 Å². The highest BCUT2D eigenvalue weighted by atomic mass is 16.5. The van der Waals surface area contributed by atoms with Crippen LogP contribution in [-0.4, -0.2) is 49.5 Å². The lowest BCUT2D eigenvalue weighted by atomic mass is 10.1. The van der Waals surface area contributed by atoms with Crippen molar-refractivity contribution in [1.29, 1.82) is 0 Å². The lowest BCUT2D eigenvalue weighted by Crippen LogP contribution is -2.53. The highest BCUT2D eigenvalue weighted by Crippen LogP contribution is 2.36. The van der Waals surface area contributed by atoms with Crippen molar-refractivity contribution in [2.45, 2.75) is 13.0 Å². The minimum Gasteiger partial charge on any atom is -0.495 e. The number of fused-ring (bicyclic) bond motifs is 3. The number of anilines is 1. The van der Waals surface area contributed by atoms with Gasteiger partial charge >= 0.3 is 0 Å². The molecule has 1 unspecified atom stereocenters. The number of nitrogens with one attached hydrogen (secondary N) is 2. The maximum absolute atomic E-state index is 12.7. The molecule has 1 aromatic heterocycles. The lowest BCUT2D eigenvalue weighted by molar-refractivity contribution is -0.127. The van der Waals surface area contributed by atoms with Gasteiger partial charge in [-0.05, 0) is 19.1 Å². The highest BCUT2D eigenvalue weighted by Gasteiger charge is 2.26. The molecule has 1 aliphatic rings. The van der Waals surface area contributed by atoms with Gasteiger partial charge in [0, 0.05) is 29.9 Å². The molecule has 2 aromatic carbocycles. The average Bonchev–Trinajstić information content (AvgIpc) is 3.04. The van der Waals surface area contributed by atoms with E-state index in [1.54, 1.807) is 20.1 Å². The summed E-state index contributed by atoms with van der Waals surface area (Å²) in [6.07, 6.45) is 0. The van der Waals surface area contributed by atoms with E-state index in [0.717, 1.165) is 16.4 Å². The van der Waals surface area contributed by atoms with Crippen molar-refractivity contribution >= 4 is 39.4 Å². The molecule has 1 atom stereocenters. The molecule has 2 heterocycles. The quantitative estimate of drug-likeness (QED) is 0.740. The van der Waals surface area contributed by atoms with Gasteiger partial charge in [-0.3, -0.25) is 14.5 Å². The van der Waals surface area contributed by atoms with Crippen LogP contribution in [0.4, 0.5) is 5.69 Å². The number of carbonyl (C=O) groups is 2. The summed E-state index contributed by atoms with van der Waals surface area (Å²) < 4.78 is 11.4. The van der Waals surface area contributed by atoms with Crippen LogP contribution < -0.4 is 15.4 Å². The smallest absolute Gasteiger partial charge is 0.241 e. The number of amides is 2. The second kappa shape index (κ2) is 6.92. The van der Waals surface area contributed by atoms with Crippen molar-refractivity contribution in [1.82, 2.24) is 10.2 Å². The summed E-state index contributed by atoms with van der Waals surface area (Å²) in [5.74, 6) is 0.298. The Bertz CT molecular complexity index is 1030. The number of ether oxygens (including phenoxy) is 1. The van der Waals surface area contributed by atoms with E-state index in [1.807, 2.05) is 35.2 Å². The van der Waals surface area contributed by atoms with Crippen LogP contribution in [0.2, 0.25) is 0 Å². The summed E-state index contributed by atoms with van der Waals surface area (Å²) in [7, 11) is 1.57. The third kappa shape index (κ3) is 3.21. The zero-order valence-corrected chi connectivity index (χ0v) is 15.2. The molecule has 2 amide bonds. The SMILES string of the molecule is COc1cc2c(cc1NC(=O)C(C)N1CCNC(=O)C1)oc1ccccc12. The second-order valence-electron chi connectivity index (χ2n) is 6.63. The van der Waals surface area contributed by atoms with Gasteiger partial charge in [-0.2, -0.15) is 0 Å². The molecule has 27 heavy (non-hydrogen) atoms. The number of para-hydroxylation sites is 1. The third-order valence-electron chi connectivity index (χ3n) is 4.95. The van der Waals surface area contributed by atoms with E-state index >= 15 is 0 Å². The Labute approximate surface area is 156 Å².